The molecule has 0 unspecified atom stereocenters. The van der Waals surface area contributed by atoms with Crippen LogP contribution in [0.15, 0.2) is 29.3 Å². The number of methoxy groups -OCH3 is 1. The van der Waals surface area contributed by atoms with Crippen LogP contribution in [-0.4, -0.2) is 51.6 Å². The van der Waals surface area contributed by atoms with Crippen LogP contribution in [-0.2, 0) is 22.7 Å². The van der Waals surface area contributed by atoms with Crippen molar-refractivity contribution >= 4 is 11.9 Å². The predicted molar refractivity (Wildman–Crippen MR) is 105 cm³/mol. The molecule has 0 bridgehead atoms. The maximum Gasteiger partial charge on any atom is 0.230 e. The molecule has 1 aliphatic rings. The number of carbonyl (C=O) groups excluding carboxylic acids is 1. The van der Waals surface area contributed by atoms with Gasteiger partial charge in [-0.15, -0.1) is 0 Å². The number of rotatable bonds is 7. The van der Waals surface area contributed by atoms with E-state index in [2.05, 4.69) is 33.8 Å². The van der Waals surface area contributed by atoms with Gasteiger partial charge in [-0.1, -0.05) is 37.1 Å². The van der Waals surface area contributed by atoms with Crippen molar-refractivity contribution in [3.63, 3.8) is 0 Å². The number of carbonyl (C=O) groups is 1. The smallest absolute Gasteiger partial charge is 0.230 e. The molecule has 0 atom stereocenters. The summed E-state index contributed by atoms with van der Waals surface area (Å²) in [6, 6.07) is 8.28. The van der Waals surface area contributed by atoms with Gasteiger partial charge in [-0.05, 0) is 24.0 Å². The highest BCUT2D eigenvalue weighted by Gasteiger charge is 2.42. The number of amides is 1. The van der Waals surface area contributed by atoms with Crippen molar-refractivity contribution in [1.82, 2.24) is 15.5 Å². The molecule has 0 spiro atoms. The van der Waals surface area contributed by atoms with E-state index in [4.69, 9.17) is 4.74 Å². The highest BCUT2D eigenvalue weighted by molar-refractivity contribution is 5.85. The van der Waals surface area contributed by atoms with Gasteiger partial charge in [-0.2, -0.15) is 0 Å². The molecule has 144 valence electrons. The lowest BCUT2D eigenvalue weighted by Gasteiger charge is -2.31. The van der Waals surface area contributed by atoms with Crippen LogP contribution in [0.5, 0.6) is 0 Å². The fourth-order valence-electron chi connectivity index (χ4n) is 3.65. The number of guanidine groups is 1. The highest BCUT2D eigenvalue weighted by Crippen LogP contribution is 2.38. The van der Waals surface area contributed by atoms with Crippen LogP contribution in [0.25, 0.3) is 0 Å². The number of hydrogen-bond donors (Lipinski definition) is 2. The van der Waals surface area contributed by atoms with Crippen LogP contribution >= 0.6 is 0 Å². The molecule has 1 aromatic carbocycles. The fraction of sp³-hybridized carbons (Fsp3) is 0.600. The van der Waals surface area contributed by atoms with Crippen LogP contribution < -0.4 is 10.6 Å². The van der Waals surface area contributed by atoms with Crippen LogP contribution in [0.4, 0.5) is 0 Å². The summed E-state index contributed by atoms with van der Waals surface area (Å²) in [5.41, 5.74) is 2.01. The third-order valence-electron chi connectivity index (χ3n) is 5.00. The first-order valence-corrected chi connectivity index (χ1v) is 9.24. The molecule has 26 heavy (non-hydrogen) atoms. The van der Waals surface area contributed by atoms with Gasteiger partial charge in [0, 0.05) is 41.3 Å². The Labute approximate surface area is 157 Å². The molecule has 1 aromatic rings. The van der Waals surface area contributed by atoms with Gasteiger partial charge >= 0.3 is 0 Å². The third kappa shape index (κ3) is 5.21. The molecule has 6 heteroatoms. The molecule has 0 saturated heterocycles. The number of ether oxygens (including phenoxy) is 1. The lowest BCUT2D eigenvalue weighted by Crippen LogP contribution is -2.49. The molecule has 0 heterocycles. The second-order valence-electron chi connectivity index (χ2n) is 7.22. The molecular weight excluding hydrogens is 328 g/mol. The maximum absolute atomic E-state index is 12.7. The van der Waals surface area contributed by atoms with Crippen molar-refractivity contribution in [2.45, 2.75) is 38.8 Å². The highest BCUT2D eigenvalue weighted by atomic mass is 16.5. The summed E-state index contributed by atoms with van der Waals surface area (Å²) >= 11 is 0. The SMILES string of the molecule is CN=C(NCc1cccc(COC)c1)NCC1(C(=O)N(C)C)CCCC1. The van der Waals surface area contributed by atoms with Gasteiger partial charge in [-0.25, -0.2) is 0 Å². The molecule has 2 rings (SSSR count). The Hall–Kier alpha value is -2.08. The molecule has 0 radical (unpaired) electrons. The summed E-state index contributed by atoms with van der Waals surface area (Å²) in [6.45, 7) is 1.90. The zero-order valence-electron chi connectivity index (χ0n) is 16.5. The zero-order valence-corrected chi connectivity index (χ0v) is 16.5. The Morgan fingerprint density at radius 1 is 1.23 bits per heavy atom. The first kappa shape index (κ1) is 20.2. The topological polar surface area (TPSA) is 66.0 Å². The molecule has 1 fully saturated rings. The minimum absolute atomic E-state index is 0.213. The first-order chi connectivity index (χ1) is 12.5. The summed E-state index contributed by atoms with van der Waals surface area (Å²) in [4.78, 5) is 18.7. The molecule has 1 saturated carbocycles. The van der Waals surface area contributed by atoms with E-state index in [1.54, 1.807) is 19.1 Å². The summed E-state index contributed by atoms with van der Waals surface area (Å²) in [7, 11) is 7.13. The lowest BCUT2D eigenvalue weighted by atomic mass is 9.84. The summed E-state index contributed by atoms with van der Waals surface area (Å²) in [5.74, 6) is 0.935. The van der Waals surface area contributed by atoms with Crippen LogP contribution in [0, 0.1) is 5.41 Å². The molecule has 6 nitrogen and oxygen atoms in total. The number of nitrogens with one attached hydrogen (secondary N) is 2. The number of nitrogens with zero attached hydrogens (tertiary/aromatic N) is 2. The first-order valence-electron chi connectivity index (χ1n) is 9.24. The lowest BCUT2D eigenvalue weighted by molar-refractivity contribution is -0.138. The summed E-state index contributed by atoms with van der Waals surface area (Å²) < 4.78 is 5.19. The van der Waals surface area contributed by atoms with E-state index >= 15 is 0 Å². The van der Waals surface area contributed by atoms with Gasteiger partial charge in [0.15, 0.2) is 5.96 Å². The largest absolute Gasteiger partial charge is 0.380 e. The van der Waals surface area contributed by atoms with Gasteiger partial charge in [-0.3, -0.25) is 9.79 Å². The van der Waals surface area contributed by atoms with E-state index in [0.29, 0.717) is 19.7 Å². The fourth-order valence-corrected chi connectivity index (χ4v) is 3.65. The van der Waals surface area contributed by atoms with E-state index in [0.717, 1.165) is 37.2 Å². The van der Waals surface area contributed by atoms with Crippen LogP contribution in [0.3, 0.4) is 0 Å². The monoisotopic (exact) mass is 360 g/mol. The summed E-state index contributed by atoms with van der Waals surface area (Å²) in [6.07, 6.45) is 4.10. The molecule has 1 aliphatic carbocycles. The summed E-state index contributed by atoms with van der Waals surface area (Å²) in [5, 5.41) is 6.70. The van der Waals surface area contributed by atoms with Crippen LogP contribution in [0.1, 0.15) is 36.8 Å². The molecule has 0 aliphatic heterocycles. The van der Waals surface area contributed by atoms with Crippen molar-refractivity contribution in [1.29, 1.82) is 0 Å². The van der Waals surface area contributed by atoms with Gasteiger partial charge < -0.3 is 20.3 Å². The van der Waals surface area contributed by atoms with Gasteiger partial charge in [0.05, 0.1) is 12.0 Å². The zero-order chi connectivity index (χ0) is 19.0. The molecule has 0 aromatic heterocycles. The predicted octanol–water partition coefficient (Wildman–Crippen LogP) is 2.15. The van der Waals surface area contributed by atoms with Gasteiger partial charge in [0.2, 0.25) is 5.91 Å². The minimum atomic E-state index is -0.306. The van der Waals surface area contributed by atoms with Crippen molar-refractivity contribution in [3.8, 4) is 0 Å². The van der Waals surface area contributed by atoms with Crippen molar-refractivity contribution in [2.75, 3.05) is 34.8 Å². The molecule has 2 N–H and O–H groups in total. The Balaban J connectivity index is 1.93. The van der Waals surface area contributed by atoms with E-state index < -0.39 is 0 Å². The van der Waals surface area contributed by atoms with E-state index in [-0.39, 0.29) is 11.3 Å². The van der Waals surface area contributed by atoms with Crippen LogP contribution in [0.2, 0.25) is 0 Å². The number of aliphatic imine (C=N–C) groups is 1. The average Bonchev–Trinajstić information content (AvgIpc) is 3.12. The van der Waals surface area contributed by atoms with Crippen molar-refractivity contribution < 1.29 is 9.53 Å². The number of benzene rings is 1. The second kappa shape index (κ2) is 9.57. The Bertz CT molecular complexity index is 622. The molecule has 1 amide bonds. The van der Waals surface area contributed by atoms with E-state index in [9.17, 15) is 4.79 Å². The average molecular weight is 361 g/mol. The molecular formula is C20H32N4O2. The van der Waals surface area contributed by atoms with Crippen molar-refractivity contribution in [2.24, 2.45) is 10.4 Å². The normalized spacial score (nSPS) is 16.4. The Morgan fingerprint density at radius 2 is 1.92 bits per heavy atom. The maximum atomic E-state index is 12.7. The quantitative estimate of drug-likeness (QED) is 0.578. The Morgan fingerprint density at radius 3 is 2.54 bits per heavy atom. The number of hydrogen-bond acceptors (Lipinski definition) is 3. The standard InChI is InChI=1S/C20H32N4O2/c1-21-19(22-13-16-8-7-9-17(12-16)14-26-4)23-15-20(10-5-6-11-20)18(25)24(2)3/h7-9,12H,5-6,10-11,13-15H2,1-4H3,(H2,21,22,23). The van der Waals surface area contributed by atoms with Gasteiger partial charge in [0.25, 0.3) is 0 Å². The van der Waals surface area contributed by atoms with Crippen molar-refractivity contribution in [3.05, 3.63) is 35.4 Å². The second-order valence-corrected chi connectivity index (χ2v) is 7.22. The third-order valence-corrected chi connectivity index (χ3v) is 5.00. The Kier molecular flexibility index (Phi) is 7.45. The van der Waals surface area contributed by atoms with Gasteiger partial charge in [0.1, 0.15) is 0 Å². The minimum Gasteiger partial charge on any atom is -0.380 e. The van der Waals surface area contributed by atoms with E-state index in [1.165, 1.54) is 5.56 Å². The van der Waals surface area contributed by atoms with E-state index in [1.807, 2.05) is 20.2 Å².